The van der Waals surface area contributed by atoms with Gasteiger partial charge in [0.15, 0.2) is 8.77 Å². The second-order valence-electron chi connectivity index (χ2n) is 3.72. The maximum Gasteiger partial charge on any atom is 0.171 e. The maximum absolute atomic E-state index is 11.1. The Bertz CT molecular complexity index is 391. The molecule has 0 saturated carbocycles. The fraction of sp³-hybridized carbons (Fsp3) is 0.400. The summed E-state index contributed by atoms with van der Waals surface area (Å²) in [5.41, 5.74) is 1.17. The second kappa shape index (κ2) is 4.38. The lowest BCUT2D eigenvalue weighted by atomic mass is 10.0. The van der Waals surface area contributed by atoms with E-state index < -0.39 is 8.77 Å². The van der Waals surface area contributed by atoms with Crippen LogP contribution in [0.25, 0.3) is 0 Å². The van der Waals surface area contributed by atoms with Crippen molar-refractivity contribution in [1.29, 1.82) is 0 Å². The summed E-state index contributed by atoms with van der Waals surface area (Å²) >= 11 is 4.47. The molecule has 0 spiro atoms. The molecule has 0 saturated heterocycles. The molecule has 0 aliphatic carbocycles. The first-order valence-electron chi connectivity index (χ1n) is 4.46. The standard InChI is InChI=1S/C10H14O2S2/c1-8(2)7-9-3-5-10(6-4-9)14(11,12)13/h3-6,8H,7H2,1-2H3,(H,11,12,13). The second-order valence-corrected chi connectivity index (χ2v) is 6.49. The van der Waals surface area contributed by atoms with Crippen molar-refractivity contribution in [2.45, 2.75) is 25.2 Å². The fourth-order valence-electron chi connectivity index (χ4n) is 1.27. The van der Waals surface area contributed by atoms with Gasteiger partial charge < -0.3 is 4.55 Å². The zero-order valence-corrected chi connectivity index (χ0v) is 9.90. The molecule has 1 unspecified atom stereocenters. The molecule has 1 aromatic rings. The molecule has 0 bridgehead atoms. The molecule has 0 fully saturated rings. The van der Waals surface area contributed by atoms with Gasteiger partial charge in [-0.3, -0.25) is 0 Å². The summed E-state index contributed by atoms with van der Waals surface area (Å²) in [5.74, 6) is 0.586. The SMILES string of the molecule is CC(C)Cc1ccc(S(=O)(O)=S)cc1. The van der Waals surface area contributed by atoms with E-state index in [4.69, 9.17) is 4.55 Å². The van der Waals surface area contributed by atoms with Gasteiger partial charge in [0.1, 0.15) is 0 Å². The van der Waals surface area contributed by atoms with E-state index >= 15 is 0 Å². The molecule has 0 radical (unpaired) electrons. The maximum atomic E-state index is 11.1. The van der Waals surface area contributed by atoms with E-state index in [9.17, 15) is 4.21 Å². The summed E-state index contributed by atoms with van der Waals surface area (Å²) < 4.78 is 20.2. The van der Waals surface area contributed by atoms with Crippen molar-refractivity contribution in [1.82, 2.24) is 0 Å². The predicted molar refractivity (Wildman–Crippen MR) is 61.4 cm³/mol. The molecule has 1 N–H and O–H groups in total. The summed E-state index contributed by atoms with van der Waals surface area (Å²) in [6, 6.07) is 6.98. The molecule has 0 aliphatic heterocycles. The van der Waals surface area contributed by atoms with E-state index in [1.54, 1.807) is 12.1 Å². The van der Waals surface area contributed by atoms with E-state index in [2.05, 4.69) is 25.0 Å². The smallest absolute Gasteiger partial charge is 0.171 e. The van der Waals surface area contributed by atoms with Crippen LogP contribution in [0.3, 0.4) is 0 Å². The number of benzene rings is 1. The Kier molecular flexibility index (Phi) is 3.64. The van der Waals surface area contributed by atoms with Crippen LogP contribution < -0.4 is 0 Å². The van der Waals surface area contributed by atoms with Gasteiger partial charge in [0.05, 0.1) is 4.90 Å². The topological polar surface area (TPSA) is 37.3 Å². The Morgan fingerprint density at radius 1 is 1.36 bits per heavy atom. The Hall–Kier alpha value is -0.450. The average molecular weight is 230 g/mol. The van der Waals surface area contributed by atoms with Crippen LogP contribution >= 0.6 is 0 Å². The minimum absolute atomic E-state index is 0.319. The summed E-state index contributed by atoms with van der Waals surface area (Å²) in [6.45, 7) is 4.27. The van der Waals surface area contributed by atoms with Gasteiger partial charge in [-0.05, 0) is 30.0 Å². The van der Waals surface area contributed by atoms with Crippen LogP contribution in [0.1, 0.15) is 19.4 Å². The Balaban J connectivity index is 2.90. The van der Waals surface area contributed by atoms with Crippen molar-refractivity contribution in [3.63, 3.8) is 0 Å². The lowest BCUT2D eigenvalue weighted by molar-refractivity contribution is 0.561. The highest BCUT2D eigenvalue weighted by Crippen LogP contribution is 2.13. The average Bonchev–Trinajstić information content (AvgIpc) is 2.02. The monoisotopic (exact) mass is 230 g/mol. The normalized spacial score (nSPS) is 15.4. The van der Waals surface area contributed by atoms with Gasteiger partial charge >= 0.3 is 0 Å². The number of hydrogen-bond donors (Lipinski definition) is 1. The van der Waals surface area contributed by atoms with Crippen molar-refractivity contribution < 1.29 is 8.76 Å². The molecule has 0 aromatic heterocycles. The number of rotatable bonds is 3. The summed E-state index contributed by atoms with van der Waals surface area (Å²) in [4.78, 5) is 0.319. The van der Waals surface area contributed by atoms with Gasteiger partial charge in [0.2, 0.25) is 0 Å². The van der Waals surface area contributed by atoms with E-state index in [1.165, 1.54) is 5.56 Å². The fourth-order valence-corrected chi connectivity index (χ4v) is 2.08. The summed E-state index contributed by atoms with van der Waals surface area (Å²) in [7, 11) is -3.21. The van der Waals surface area contributed by atoms with Crippen molar-refractivity contribution in [3.05, 3.63) is 29.8 Å². The van der Waals surface area contributed by atoms with E-state index in [1.807, 2.05) is 12.1 Å². The molecule has 1 aromatic carbocycles. The van der Waals surface area contributed by atoms with Gasteiger partial charge in [-0.15, -0.1) is 0 Å². The highest BCUT2D eigenvalue weighted by atomic mass is 32.8. The van der Waals surface area contributed by atoms with E-state index in [0.29, 0.717) is 10.8 Å². The Morgan fingerprint density at radius 2 is 1.86 bits per heavy atom. The zero-order valence-electron chi connectivity index (χ0n) is 8.27. The van der Waals surface area contributed by atoms with E-state index in [0.717, 1.165) is 6.42 Å². The summed E-state index contributed by atoms with van der Waals surface area (Å²) in [6.07, 6.45) is 0.977. The Labute approximate surface area is 89.8 Å². The number of hydrogen-bond acceptors (Lipinski definition) is 2. The zero-order chi connectivity index (χ0) is 10.8. The van der Waals surface area contributed by atoms with Crippen LogP contribution in [-0.4, -0.2) is 8.76 Å². The molecule has 4 heteroatoms. The van der Waals surface area contributed by atoms with Crippen molar-refractivity contribution >= 4 is 20.0 Å². The lowest BCUT2D eigenvalue weighted by Crippen LogP contribution is -1.98. The van der Waals surface area contributed by atoms with Crippen LogP contribution in [0.2, 0.25) is 0 Å². The minimum Gasteiger partial charge on any atom is -0.302 e. The predicted octanol–water partition coefficient (Wildman–Crippen LogP) is 2.46. The third kappa shape index (κ3) is 3.36. The first kappa shape index (κ1) is 11.6. The molecule has 78 valence electrons. The van der Waals surface area contributed by atoms with Crippen LogP contribution in [0.5, 0.6) is 0 Å². The van der Waals surface area contributed by atoms with E-state index in [-0.39, 0.29) is 0 Å². The molecule has 14 heavy (non-hydrogen) atoms. The highest BCUT2D eigenvalue weighted by Gasteiger charge is 2.04. The first-order valence-corrected chi connectivity index (χ1v) is 6.90. The summed E-state index contributed by atoms with van der Waals surface area (Å²) in [5, 5.41) is 0. The Morgan fingerprint density at radius 3 is 2.21 bits per heavy atom. The lowest BCUT2D eigenvalue weighted by Gasteiger charge is -2.05. The highest BCUT2D eigenvalue weighted by molar-refractivity contribution is 8.29. The van der Waals surface area contributed by atoms with Crippen LogP contribution in [-0.2, 0) is 26.4 Å². The van der Waals surface area contributed by atoms with Crippen LogP contribution in [0.4, 0.5) is 0 Å². The van der Waals surface area contributed by atoms with Gasteiger partial charge in [0.25, 0.3) is 0 Å². The largest absolute Gasteiger partial charge is 0.302 e. The van der Waals surface area contributed by atoms with Crippen LogP contribution in [0.15, 0.2) is 29.2 Å². The molecule has 0 heterocycles. The first-order chi connectivity index (χ1) is 6.39. The minimum atomic E-state index is -3.21. The quantitative estimate of drug-likeness (QED) is 0.866. The van der Waals surface area contributed by atoms with Gasteiger partial charge in [-0.1, -0.05) is 26.0 Å². The van der Waals surface area contributed by atoms with Gasteiger partial charge in [-0.25, -0.2) is 4.21 Å². The van der Waals surface area contributed by atoms with Gasteiger partial charge in [0, 0.05) is 11.2 Å². The van der Waals surface area contributed by atoms with Gasteiger partial charge in [-0.2, -0.15) is 0 Å². The molecular weight excluding hydrogens is 216 g/mol. The van der Waals surface area contributed by atoms with Crippen molar-refractivity contribution in [2.24, 2.45) is 5.92 Å². The third-order valence-electron chi connectivity index (χ3n) is 1.87. The molecule has 2 nitrogen and oxygen atoms in total. The van der Waals surface area contributed by atoms with Crippen LogP contribution in [0, 0.1) is 5.92 Å². The van der Waals surface area contributed by atoms with Crippen molar-refractivity contribution in [3.8, 4) is 0 Å². The molecule has 0 aliphatic rings. The van der Waals surface area contributed by atoms with Crippen molar-refractivity contribution in [2.75, 3.05) is 0 Å². The molecule has 1 rings (SSSR count). The molecular formula is C10H14O2S2. The molecule has 0 amide bonds. The molecule has 1 atom stereocenters. The third-order valence-corrected chi connectivity index (χ3v) is 3.31.